The van der Waals surface area contributed by atoms with Crippen LogP contribution in [0.2, 0.25) is 0 Å². The van der Waals surface area contributed by atoms with E-state index < -0.39 is 0 Å². The molecule has 0 radical (unpaired) electrons. The number of anilines is 2. The molecule has 0 aliphatic heterocycles. The highest BCUT2D eigenvalue weighted by atomic mass is 16.2. The van der Waals surface area contributed by atoms with Gasteiger partial charge in [0.1, 0.15) is 5.82 Å². The third kappa shape index (κ3) is 5.11. The molecule has 0 aliphatic carbocycles. The number of benzene rings is 1. The highest BCUT2D eigenvalue weighted by Crippen LogP contribution is 2.21. The molecule has 0 spiro atoms. The number of nitrogens with one attached hydrogen (secondary N) is 1. The number of nitrogens with two attached hydrogens (primary N) is 1. The van der Waals surface area contributed by atoms with Crippen LogP contribution in [0.5, 0.6) is 0 Å². The van der Waals surface area contributed by atoms with Gasteiger partial charge in [-0.05, 0) is 36.8 Å². The average molecular weight is 417 g/mol. The lowest BCUT2D eigenvalue weighted by Gasteiger charge is -2.15. The molecule has 2 aromatic heterocycles. The molecule has 2 heterocycles. The SMILES string of the molecule is Cc1cc(CC(=O)Nc2ccc(-c3cncc(N)c3)cn2)c(C=O)c(C(=O)N(C)C)c1. The fourth-order valence-corrected chi connectivity index (χ4v) is 3.19. The van der Waals surface area contributed by atoms with Crippen LogP contribution in [0.1, 0.15) is 31.8 Å². The van der Waals surface area contributed by atoms with Crippen molar-refractivity contribution in [2.75, 3.05) is 25.1 Å². The third-order valence-corrected chi connectivity index (χ3v) is 4.64. The number of rotatable bonds is 6. The summed E-state index contributed by atoms with van der Waals surface area (Å²) in [5.41, 5.74) is 9.71. The van der Waals surface area contributed by atoms with Crippen molar-refractivity contribution >= 4 is 29.6 Å². The Balaban J connectivity index is 1.78. The van der Waals surface area contributed by atoms with E-state index in [4.69, 9.17) is 5.73 Å². The van der Waals surface area contributed by atoms with E-state index in [1.165, 1.54) is 4.90 Å². The molecule has 31 heavy (non-hydrogen) atoms. The maximum absolute atomic E-state index is 12.6. The second kappa shape index (κ2) is 9.17. The zero-order valence-electron chi connectivity index (χ0n) is 17.5. The Labute approximate surface area is 180 Å². The van der Waals surface area contributed by atoms with E-state index in [9.17, 15) is 14.4 Å². The lowest BCUT2D eigenvalue weighted by molar-refractivity contribution is -0.115. The van der Waals surface area contributed by atoms with E-state index in [1.54, 1.807) is 63.0 Å². The van der Waals surface area contributed by atoms with E-state index in [0.717, 1.165) is 16.7 Å². The van der Waals surface area contributed by atoms with Gasteiger partial charge in [-0.2, -0.15) is 0 Å². The summed E-state index contributed by atoms with van der Waals surface area (Å²) in [7, 11) is 3.22. The summed E-state index contributed by atoms with van der Waals surface area (Å²) >= 11 is 0. The van der Waals surface area contributed by atoms with Crippen LogP contribution in [-0.2, 0) is 11.2 Å². The van der Waals surface area contributed by atoms with Crippen LogP contribution in [0.3, 0.4) is 0 Å². The highest BCUT2D eigenvalue weighted by Gasteiger charge is 2.19. The molecule has 0 saturated carbocycles. The summed E-state index contributed by atoms with van der Waals surface area (Å²) in [6.07, 6.45) is 5.40. The topological polar surface area (TPSA) is 118 Å². The van der Waals surface area contributed by atoms with Gasteiger partial charge in [0, 0.05) is 49.4 Å². The maximum atomic E-state index is 12.6. The maximum Gasteiger partial charge on any atom is 0.254 e. The molecule has 0 fully saturated rings. The number of amides is 2. The molecule has 2 amide bonds. The monoisotopic (exact) mass is 417 g/mol. The first kappa shape index (κ1) is 21.6. The summed E-state index contributed by atoms with van der Waals surface area (Å²) in [4.78, 5) is 46.4. The van der Waals surface area contributed by atoms with Crippen LogP contribution >= 0.6 is 0 Å². The van der Waals surface area contributed by atoms with Gasteiger partial charge in [-0.15, -0.1) is 0 Å². The van der Waals surface area contributed by atoms with Crippen molar-refractivity contribution in [3.05, 3.63) is 71.2 Å². The van der Waals surface area contributed by atoms with Crippen LogP contribution in [0.4, 0.5) is 11.5 Å². The van der Waals surface area contributed by atoms with Crippen LogP contribution in [0.15, 0.2) is 48.9 Å². The second-order valence-electron chi connectivity index (χ2n) is 7.37. The highest BCUT2D eigenvalue weighted by molar-refractivity contribution is 6.03. The number of carbonyl (C=O) groups excluding carboxylic acids is 3. The van der Waals surface area contributed by atoms with Crippen LogP contribution < -0.4 is 11.1 Å². The molecule has 0 unspecified atom stereocenters. The minimum absolute atomic E-state index is 0.0635. The van der Waals surface area contributed by atoms with E-state index >= 15 is 0 Å². The Morgan fingerprint density at radius 3 is 2.48 bits per heavy atom. The number of nitrogen functional groups attached to an aromatic ring is 1. The number of nitrogens with zero attached hydrogens (tertiary/aromatic N) is 3. The van der Waals surface area contributed by atoms with Crippen molar-refractivity contribution < 1.29 is 14.4 Å². The lowest BCUT2D eigenvalue weighted by atomic mass is 9.95. The zero-order chi connectivity index (χ0) is 22.5. The predicted molar refractivity (Wildman–Crippen MR) is 119 cm³/mol. The number of hydrogen-bond donors (Lipinski definition) is 2. The van der Waals surface area contributed by atoms with Gasteiger partial charge >= 0.3 is 0 Å². The van der Waals surface area contributed by atoms with Gasteiger partial charge in [-0.25, -0.2) is 4.98 Å². The van der Waals surface area contributed by atoms with Gasteiger partial charge in [0.05, 0.1) is 17.7 Å². The summed E-state index contributed by atoms with van der Waals surface area (Å²) in [5.74, 6) is -0.265. The largest absolute Gasteiger partial charge is 0.397 e. The van der Waals surface area contributed by atoms with Crippen LogP contribution in [-0.4, -0.2) is 47.1 Å². The first-order chi connectivity index (χ1) is 14.8. The van der Waals surface area contributed by atoms with E-state index in [1.807, 2.05) is 6.92 Å². The molecule has 0 aliphatic rings. The predicted octanol–water partition coefficient (Wildman–Crippen LogP) is 2.73. The van der Waals surface area contributed by atoms with Crippen LogP contribution in [0, 0.1) is 6.92 Å². The molecule has 0 saturated heterocycles. The minimum Gasteiger partial charge on any atom is -0.397 e. The standard InChI is InChI=1S/C23H23N5O3/c1-14-6-16(20(13-29)19(7-14)23(31)28(2)3)9-22(30)27-21-5-4-15(11-26-21)17-8-18(24)12-25-10-17/h4-8,10-13H,9,24H2,1-3H3,(H,26,27,30). The first-order valence-electron chi connectivity index (χ1n) is 9.55. The molecular formula is C23H23N5O3. The van der Waals surface area contributed by atoms with Gasteiger partial charge in [0.2, 0.25) is 5.91 Å². The number of aryl methyl sites for hydroxylation is 1. The quantitative estimate of drug-likeness (QED) is 0.596. The summed E-state index contributed by atoms with van der Waals surface area (Å²) in [6, 6.07) is 8.65. The first-order valence-corrected chi connectivity index (χ1v) is 9.55. The number of aromatic nitrogens is 2. The molecule has 3 N–H and O–H groups in total. The zero-order valence-corrected chi connectivity index (χ0v) is 17.5. The van der Waals surface area contributed by atoms with Crippen molar-refractivity contribution in [1.29, 1.82) is 0 Å². The Bertz CT molecular complexity index is 1140. The number of pyridine rings is 2. The average Bonchev–Trinajstić information content (AvgIpc) is 2.73. The summed E-state index contributed by atoms with van der Waals surface area (Å²) < 4.78 is 0. The minimum atomic E-state index is -0.345. The fraction of sp³-hybridized carbons (Fsp3) is 0.174. The Kier molecular flexibility index (Phi) is 6.40. The molecule has 0 atom stereocenters. The molecule has 158 valence electrons. The molecule has 3 rings (SSSR count). The van der Waals surface area contributed by atoms with E-state index in [-0.39, 0.29) is 29.4 Å². The number of hydrogen-bond acceptors (Lipinski definition) is 6. The number of aldehydes is 1. The Morgan fingerprint density at radius 1 is 1.10 bits per heavy atom. The van der Waals surface area contributed by atoms with Crippen molar-refractivity contribution in [2.45, 2.75) is 13.3 Å². The van der Waals surface area contributed by atoms with Gasteiger partial charge in [0.15, 0.2) is 6.29 Å². The smallest absolute Gasteiger partial charge is 0.254 e. The van der Waals surface area contributed by atoms with E-state index in [0.29, 0.717) is 23.4 Å². The van der Waals surface area contributed by atoms with Crippen molar-refractivity contribution in [3.63, 3.8) is 0 Å². The van der Waals surface area contributed by atoms with Crippen molar-refractivity contribution in [2.24, 2.45) is 0 Å². The summed E-state index contributed by atoms with van der Waals surface area (Å²) in [6.45, 7) is 1.81. The molecule has 0 bridgehead atoms. The third-order valence-electron chi connectivity index (χ3n) is 4.64. The van der Waals surface area contributed by atoms with Gasteiger partial charge in [0.25, 0.3) is 5.91 Å². The fourth-order valence-electron chi connectivity index (χ4n) is 3.19. The summed E-state index contributed by atoms with van der Waals surface area (Å²) in [5, 5.41) is 2.72. The Hall–Kier alpha value is -4.07. The molecule has 3 aromatic rings. The van der Waals surface area contributed by atoms with Crippen LogP contribution in [0.25, 0.3) is 11.1 Å². The van der Waals surface area contributed by atoms with E-state index in [2.05, 4.69) is 15.3 Å². The van der Waals surface area contributed by atoms with Gasteiger partial charge in [-0.3, -0.25) is 19.4 Å². The molecular weight excluding hydrogens is 394 g/mol. The normalized spacial score (nSPS) is 10.4. The van der Waals surface area contributed by atoms with Crippen molar-refractivity contribution in [1.82, 2.24) is 14.9 Å². The molecule has 8 nitrogen and oxygen atoms in total. The number of carbonyl (C=O) groups is 3. The molecule has 1 aromatic carbocycles. The van der Waals surface area contributed by atoms with Gasteiger partial charge in [-0.1, -0.05) is 11.6 Å². The van der Waals surface area contributed by atoms with Gasteiger partial charge < -0.3 is 16.0 Å². The Morgan fingerprint density at radius 2 is 1.87 bits per heavy atom. The lowest BCUT2D eigenvalue weighted by Crippen LogP contribution is -2.24. The second-order valence-corrected chi connectivity index (χ2v) is 7.37. The van der Waals surface area contributed by atoms with Crippen molar-refractivity contribution in [3.8, 4) is 11.1 Å². The molecule has 8 heteroatoms.